The summed E-state index contributed by atoms with van der Waals surface area (Å²) >= 11 is 0. The summed E-state index contributed by atoms with van der Waals surface area (Å²) in [6.45, 7) is 0.259. The fraction of sp³-hybridized carbons (Fsp3) is 0.263. The number of fused-ring (bicyclic) bond motifs is 2. The van der Waals surface area contributed by atoms with E-state index in [0.29, 0.717) is 23.3 Å². The molecule has 1 N–H and O–H groups in total. The molecule has 0 saturated heterocycles. The number of rotatable bonds is 3. The second-order valence-electron chi connectivity index (χ2n) is 6.94. The minimum atomic E-state index is -2.90. The average Bonchev–Trinajstić information content (AvgIpc) is 3.44. The van der Waals surface area contributed by atoms with Crippen LogP contribution in [0.5, 0.6) is 0 Å². The van der Waals surface area contributed by atoms with Gasteiger partial charge in [0.05, 0.1) is 12.0 Å². The lowest BCUT2D eigenvalue weighted by Crippen LogP contribution is -2.41. The van der Waals surface area contributed by atoms with Crippen LogP contribution in [-0.4, -0.2) is 42.1 Å². The number of imidazole rings is 1. The van der Waals surface area contributed by atoms with Crippen molar-refractivity contribution < 1.29 is 22.4 Å². The van der Waals surface area contributed by atoms with Crippen molar-refractivity contribution in [3.05, 3.63) is 65.2 Å². The Morgan fingerprint density at radius 1 is 1.37 bits per heavy atom. The van der Waals surface area contributed by atoms with Gasteiger partial charge in [-0.1, -0.05) is 12.1 Å². The van der Waals surface area contributed by atoms with Gasteiger partial charge in [-0.05, 0) is 12.1 Å². The number of benzene rings is 1. The van der Waals surface area contributed by atoms with E-state index in [4.69, 9.17) is 4.42 Å². The van der Waals surface area contributed by atoms with E-state index in [1.165, 1.54) is 24.3 Å². The molecule has 3 aromatic heterocycles. The molecule has 0 unspecified atom stereocenters. The third-order valence-electron chi connectivity index (χ3n) is 5.14. The minimum Gasteiger partial charge on any atom is -0.455 e. The first-order valence-corrected chi connectivity index (χ1v) is 9.14. The quantitative estimate of drug-likeness (QED) is 0.554. The Bertz CT molecular complexity index is 1260. The van der Waals surface area contributed by atoms with Crippen LogP contribution in [0.15, 0.2) is 35.0 Å². The third kappa shape index (κ3) is 2.77. The molecule has 0 saturated carbocycles. The van der Waals surface area contributed by atoms with Crippen LogP contribution >= 0.6 is 0 Å². The standard InChI is InChI=1S/C19H15F3N6O2/c1-27-18(25-17(26-27)16(21)22)19(29)28-6-5-11-13(24-8-23-11)14(28)12-7-9-3-2-4-10(20)15(9)30-12/h2-4,7-8,14,16H,5-6H2,1H3,(H,23,24)/t14-/m1/s1. The number of nitrogens with one attached hydrogen (secondary N) is 1. The number of nitrogens with zero attached hydrogens (tertiary/aromatic N) is 5. The first kappa shape index (κ1) is 18.4. The molecule has 0 bridgehead atoms. The fourth-order valence-corrected chi connectivity index (χ4v) is 3.78. The summed E-state index contributed by atoms with van der Waals surface area (Å²) in [6.07, 6.45) is -0.913. The zero-order chi connectivity index (χ0) is 21.0. The molecule has 1 atom stereocenters. The van der Waals surface area contributed by atoms with Crippen molar-refractivity contribution in [1.82, 2.24) is 29.6 Å². The highest BCUT2D eigenvalue weighted by atomic mass is 19.3. The van der Waals surface area contributed by atoms with Gasteiger partial charge < -0.3 is 14.3 Å². The van der Waals surface area contributed by atoms with Gasteiger partial charge in [-0.25, -0.2) is 27.8 Å². The molecule has 4 aromatic rings. The maximum absolute atomic E-state index is 14.2. The summed E-state index contributed by atoms with van der Waals surface area (Å²) in [7, 11) is 1.38. The van der Waals surface area contributed by atoms with Crippen LogP contribution in [0.2, 0.25) is 0 Å². The first-order chi connectivity index (χ1) is 14.4. The first-order valence-electron chi connectivity index (χ1n) is 9.14. The zero-order valence-corrected chi connectivity index (χ0v) is 15.6. The van der Waals surface area contributed by atoms with Gasteiger partial charge in [0.1, 0.15) is 11.8 Å². The highest BCUT2D eigenvalue weighted by Crippen LogP contribution is 2.37. The van der Waals surface area contributed by atoms with Crippen LogP contribution < -0.4 is 0 Å². The molecular formula is C19H15F3N6O2. The Hall–Kier alpha value is -3.63. The molecule has 1 aliphatic heterocycles. The number of aromatic amines is 1. The number of aryl methyl sites for hydroxylation is 1. The second-order valence-corrected chi connectivity index (χ2v) is 6.94. The van der Waals surface area contributed by atoms with Crippen molar-refractivity contribution in [1.29, 1.82) is 0 Å². The van der Waals surface area contributed by atoms with Crippen LogP contribution in [-0.2, 0) is 13.5 Å². The van der Waals surface area contributed by atoms with E-state index in [1.54, 1.807) is 18.2 Å². The van der Waals surface area contributed by atoms with Gasteiger partial charge in [-0.3, -0.25) is 4.79 Å². The number of hydrogen-bond acceptors (Lipinski definition) is 5. The molecule has 1 amide bonds. The van der Waals surface area contributed by atoms with Crippen molar-refractivity contribution >= 4 is 16.9 Å². The van der Waals surface area contributed by atoms with Gasteiger partial charge in [-0.2, -0.15) is 0 Å². The average molecular weight is 416 g/mol. The lowest BCUT2D eigenvalue weighted by Gasteiger charge is -2.33. The number of para-hydroxylation sites is 1. The SMILES string of the molecule is Cn1nc(C(F)F)nc1C(=O)N1CCc2[nH]cnc2[C@H]1c1cc2cccc(F)c2o1. The normalized spacial score (nSPS) is 16.4. The van der Waals surface area contributed by atoms with Gasteiger partial charge in [0, 0.05) is 31.1 Å². The van der Waals surface area contributed by atoms with Gasteiger partial charge in [0.2, 0.25) is 11.6 Å². The van der Waals surface area contributed by atoms with E-state index in [2.05, 4.69) is 20.1 Å². The molecule has 30 heavy (non-hydrogen) atoms. The summed E-state index contributed by atoms with van der Waals surface area (Å²) in [4.78, 5) is 25.7. The summed E-state index contributed by atoms with van der Waals surface area (Å²) in [5.41, 5.74) is 1.43. The summed E-state index contributed by atoms with van der Waals surface area (Å²) in [5, 5.41) is 4.16. The number of furan rings is 1. The van der Waals surface area contributed by atoms with Crippen molar-refractivity contribution in [2.75, 3.05) is 6.54 Å². The largest absolute Gasteiger partial charge is 0.455 e. The Morgan fingerprint density at radius 3 is 2.93 bits per heavy atom. The molecule has 154 valence electrons. The lowest BCUT2D eigenvalue weighted by atomic mass is 10.00. The Labute approximate surface area is 167 Å². The summed E-state index contributed by atoms with van der Waals surface area (Å²) in [6, 6.07) is 5.42. The monoisotopic (exact) mass is 416 g/mol. The Balaban J connectivity index is 1.62. The number of hydrogen-bond donors (Lipinski definition) is 1. The summed E-state index contributed by atoms with van der Waals surface area (Å²) < 4.78 is 46.9. The highest BCUT2D eigenvalue weighted by molar-refractivity contribution is 5.91. The molecule has 11 heteroatoms. The Morgan fingerprint density at radius 2 is 2.20 bits per heavy atom. The molecule has 0 aliphatic carbocycles. The molecular weight excluding hydrogens is 401 g/mol. The van der Waals surface area contributed by atoms with E-state index in [1.807, 2.05) is 0 Å². The van der Waals surface area contributed by atoms with E-state index in [-0.39, 0.29) is 18.0 Å². The number of carbonyl (C=O) groups excluding carboxylic acids is 1. The highest BCUT2D eigenvalue weighted by Gasteiger charge is 2.38. The topological polar surface area (TPSA) is 92.8 Å². The molecule has 1 aromatic carbocycles. The maximum Gasteiger partial charge on any atom is 0.299 e. The molecule has 0 spiro atoms. The molecule has 5 rings (SSSR count). The predicted octanol–water partition coefficient (Wildman–Crippen LogP) is 3.15. The van der Waals surface area contributed by atoms with Crippen molar-refractivity contribution in [3.63, 3.8) is 0 Å². The van der Waals surface area contributed by atoms with Gasteiger partial charge >= 0.3 is 0 Å². The number of carbonyl (C=O) groups is 1. The molecule has 0 radical (unpaired) electrons. The van der Waals surface area contributed by atoms with E-state index >= 15 is 0 Å². The fourth-order valence-electron chi connectivity index (χ4n) is 3.78. The summed E-state index contributed by atoms with van der Waals surface area (Å²) in [5.74, 6) is -1.76. The van der Waals surface area contributed by atoms with Crippen LogP contribution in [0.25, 0.3) is 11.0 Å². The van der Waals surface area contributed by atoms with Crippen LogP contribution in [0.1, 0.15) is 46.1 Å². The van der Waals surface area contributed by atoms with Crippen molar-refractivity contribution in [3.8, 4) is 0 Å². The van der Waals surface area contributed by atoms with Crippen LogP contribution in [0.4, 0.5) is 13.2 Å². The maximum atomic E-state index is 14.2. The van der Waals surface area contributed by atoms with Crippen LogP contribution in [0, 0.1) is 5.82 Å². The molecule has 4 heterocycles. The zero-order valence-electron chi connectivity index (χ0n) is 15.6. The van der Waals surface area contributed by atoms with Gasteiger partial charge in [0.15, 0.2) is 11.4 Å². The van der Waals surface area contributed by atoms with Crippen LogP contribution in [0.3, 0.4) is 0 Å². The number of halogens is 3. The molecule has 8 nitrogen and oxygen atoms in total. The smallest absolute Gasteiger partial charge is 0.299 e. The number of H-pyrrole nitrogens is 1. The number of alkyl halides is 2. The Kier molecular flexibility index (Phi) is 4.12. The molecule has 1 aliphatic rings. The number of aromatic nitrogens is 5. The number of amides is 1. The van der Waals surface area contributed by atoms with Gasteiger partial charge in [-0.15, -0.1) is 5.10 Å². The third-order valence-corrected chi connectivity index (χ3v) is 5.14. The molecule has 0 fully saturated rings. The minimum absolute atomic E-state index is 0.0706. The predicted molar refractivity (Wildman–Crippen MR) is 97.3 cm³/mol. The van der Waals surface area contributed by atoms with Gasteiger partial charge in [0.25, 0.3) is 12.3 Å². The lowest BCUT2D eigenvalue weighted by molar-refractivity contribution is 0.0654. The van der Waals surface area contributed by atoms with E-state index in [9.17, 15) is 18.0 Å². The van der Waals surface area contributed by atoms with Crippen molar-refractivity contribution in [2.24, 2.45) is 7.05 Å². The van der Waals surface area contributed by atoms with E-state index in [0.717, 1.165) is 10.4 Å². The van der Waals surface area contributed by atoms with Crippen molar-refractivity contribution in [2.45, 2.75) is 18.9 Å². The second kappa shape index (κ2) is 6.71. The van der Waals surface area contributed by atoms with E-state index < -0.39 is 30.0 Å².